The van der Waals surface area contributed by atoms with Crippen molar-refractivity contribution < 1.29 is 4.79 Å². The van der Waals surface area contributed by atoms with Crippen molar-refractivity contribution in [3.63, 3.8) is 0 Å². The summed E-state index contributed by atoms with van der Waals surface area (Å²) in [5.41, 5.74) is 3.34. The van der Waals surface area contributed by atoms with Gasteiger partial charge in [-0.25, -0.2) is 4.98 Å². The molecule has 3 nitrogen and oxygen atoms in total. The molecule has 5 heteroatoms. The fraction of sp³-hybridized carbons (Fsp3) is 0.273. The lowest BCUT2D eigenvalue weighted by Crippen LogP contribution is -2.31. The number of halogens is 1. The molecule has 2 heterocycles. The van der Waals surface area contributed by atoms with E-state index in [2.05, 4.69) is 40.2 Å². The Labute approximate surface area is 172 Å². The van der Waals surface area contributed by atoms with Crippen LogP contribution in [0.25, 0.3) is 0 Å². The molecule has 27 heavy (non-hydrogen) atoms. The standard InChI is InChI=1S/C22H21BrN2OS/c23-18-9-4-8-17(13-18)20-10-5-11-25(20)22(26)14-19-15-27-21(24-19)12-16-6-2-1-3-7-16/h1-4,6-9,13,15,20H,5,10-12,14H2. The first-order chi connectivity index (χ1) is 13.2. The number of amides is 1. The molecule has 1 atom stereocenters. The van der Waals surface area contributed by atoms with Gasteiger partial charge in [0.2, 0.25) is 5.91 Å². The van der Waals surface area contributed by atoms with E-state index < -0.39 is 0 Å². The fourth-order valence-corrected chi connectivity index (χ4v) is 4.91. The average Bonchev–Trinajstić information content (AvgIpc) is 3.32. The molecule has 1 aromatic heterocycles. The van der Waals surface area contributed by atoms with Crippen molar-refractivity contribution in [3.8, 4) is 0 Å². The second kappa shape index (κ2) is 8.36. The first-order valence-corrected chi connectivity index (χ1v) is 10.9. The molecule has 0 spiro atoms. The SMILES string of the molecule is O=C(Cc1csc(Cc2ccccc2)n1)N1CCCC1c1cccc(Br)c1. The quantitative estimate of drug-likeness (QED) is 0.531. The molecule has 0 saturated carbocycles. The van der Waals surface area contributed by atoms with Gasteiger partial charge in [-0.05, 0) is 36.1 Å². The maximum atomic E-state index is 12.9. The highest BCUT2D eigenvalue weighted by Gasteiger charge is 2.30. The Morgan fingerprint density at radius 3 is 2.85 bits per heavy atom. The van der Waals surface area contributed by atoms with Crippen LogP contribution in [0.1, 0.15) is 40.7 Å². The highest BCUT2D eigenvalue weighted by atomic mass is 79.9. The number of likely N-dealkylation sites (tertiary alicyclic amines) is 1. The number of thiazole rings is 1. The van der Waals surface area contributed by atoms with E-state index in [-0.39, 0.29) is 11.9 Å². The van der Waals surface area contributed by atoms with Gasteiger partial charge < -0.3 is 4.90 Å². The summed E-state index contributed by atoms with van der Waals surface area (Å²) in [4.78, 5) is 19.6. The molecule has 3 aromatic rings. The monoisotopic (exact) mass is 440 g/mol. The lowest BCUT2D eigenvalue weighted by atomic mass is 10.0. The maximum absolute atomic E-state index is 12.9. The molecule has 4 rings (SSSR count). The molecule has 0 radical (unpaired) electrons. The van der Waals surface area contributed by atoms with Gasteiger partial charge in [-0.1, -0.05) is 58.4 Å². The third-order valence-corrected chi connectivity index (χ3v) is 6.33. The van der Waals surface area contributed by atoms with Gasteiger partial charge in [-0.15, -0.1) is 11.3 Å². The van der Waals surface area contributed by atoms with Crippen LogP contribution in [-0.2, 0) is 17.6 Å². The van der Waals surface area contributed by atoms with Gasteiger partial charge in [-0.2, -0.15) is 0 Å². The van der Waals surface area contributed by atoms with E-state index in [1.165, 1.54) is 11.1 Å². The first kappa shape index (κ1) is 18.4. The highest BCUT2D eigenvalue weighted by molar-refractivity contribution is 9.10. The topological polar surface area (TPSA) is 33.2 Å². The zero-order chi connectivity index (χ0) is 18.6. The Morgan fingerprint density at radius 1 is 1.19 bits per heavy atom. The number of aromatic nitrogens is 1. The van der Waals surface area contributed by atoms with Gasteiger partial charge in [0.05, 0.1) is 23.2 Å². The van der Waals surface area contributed by atoms with Crippen LogP contribution in [-0.4, -0.2) is 22.3 Å². The Bertz CT molecular complexity index is 925. The Hall–Kier alpha value is -1.98. The minimum absolute atomic E-state index is 0.175. The largest absolute Gasteiger partial charge is 0.335 e. The lowest BCUT2D eigenvalue weighted by molar-refractivity contribution is -0.131. The molecule has 1 aliphatic rings. The second-order valence-corrected chi connectivity index (χ2v) is 8.73. The molecule has 1 unspecified atom stereocenters. The van der Waals surface area contributed by atoms with Crippen LogP contribution in [0, 0.1) is 0 Å². The van der Waals surface area contributed by atoms with E-state index in [0.717, 1.165) is 41.0 Å². The van der Waals surface area contributed by atoms with Crippen molar-refractivity contribution in [1.82, 2.24) is 9.88 Å². The Morgan fingerprint density at radius 2 is 2.04 bits per heavy atom. The molecule has 0 bridgehead atoms. The predicted octanol–water partition coefficient (Wildman–Crippen LogP) is 5.40. The summed E-state index contributed by atoms with van der Waals surface area (Å²) in [6.45, 7) is 0.830. The van der Waals surface area contributed by atoms with Gasteiger partial charge in [0.1, 0.15) is 0 Å². The van der Waals surface area contributed by atoms with Crippen molar-refractivity contribution in [2.75, 3.05) is 6.54 Å². The lowest BCUT2D eigenvalue weighted by Gasteiger charge is -2.25. The first-order valence-electron chi connectivity index (χ1n) is 9.21. The van der Waals surface area contributed by atoms with Gasteiger partial charge in [0, 0.05) is 22.8 Å². The van der Waals surface area contributed by atoms with Crippen LogP contribution >= 0.6 is 27.3 Å². The Kier molecular flexibility index (Phi) is 5.69. The summed E-state index contributed by atoms with van der Waals surface area (Å²) in [5.74, 6) is 0.175. The van der Waals surface area contributed by atoms with Crippen LogP contribution < -0.4 is 0 Å². The Balaban J connectivity index is 1.43. The minimum atomic E-state index is 0.175. The molecule has 0 aliphatic carbocycles. The number of rotatable bonds is 5. The number of carbonyl (C=O) groups excluding carboxylic acids is 1. The van der Waals surface area contributed by atoms with Crippen LogP contribution in [0.4, 0.5) is 0 Å². The van der Waals surface area contributed by atoms with E-state index in [1.807, 2.05) is 40.6 Å². The van der Waals surface area contributed by atoms with Crippen LogP contribution in [0.3, 0.4) is 0 Å². The summed E-state index contributed by atoms with van der Waals surface area (Å²) in [7, 11) is 0. The van der Waals surface area contributed by atoms with Crippen molar-refractivity contribution in [2.45, 2.75) is 31.7 Å². The summed E-state index contributed by atoms with van der Waals surface area (Å²) in [6.07, 6.45) is 3.29. The van der Waals surface area contributed by atoms with Crippen molar-refractivity contribution in [1.29, 1.82) is 0 Å². The van der Waals surface area contributed by atoms with Crippen molar-refractivity contribution in [3.05, 3.63) is 86.3 Å². The summed E-state index contributed by atoms with van der Waals surface area (Å²) < 4.78 is 1.06. The van der Waals surface area contributed by atoms with E-state index in [4.69, 9.17) is 4.98 Å². The van der Waals surface area contributed by atoms with E-state index >= 15 is 0 Å². The molecular weight excluding hydrogens is 420 g/mol. The molecule has 2 aromatic carbocycles. The third kappa shape index (κ3) is 4.47. The molecule has 1 fully saturated rings. The van der Waals surface area contributed by atoms with E-state index in [0.29, 0.717) is 6.42 Å². The summed E-state index contributed by atoms with van der Waals surface area (Å²) in [6, 6.07) is 18.8. The number of carbonyl (C=O) groups is 1. The fourth-order valence-electron chi connectivity index (χ4n) is 3.66. The molecule has 1 aliphatic heterocycles. The molecule has 1 saturated heterocycles. The van der Waals surface area contributed by atoms with E-state index in [9.17, 15) is 4.79 Å². The zero-order valence-corrected chi connectivity index (χ0v) is 17.4. The average molecular weight is 441 g/mol. The summed E-state index contributed by atoms with van der Waals surface area (Å²) in [5, 5.41) is 3.09. The van der Waals surface area contributed by atoms with Crippen LogP contribution in [0.2, 0.25) is 0 Å². The smallest absolute Gasteiger partial charge is 0.229 e. The van der Waals surface area contributed by atoms with Gasteiger partial charge in [0.25, 0.3) is 0 Å². The number of hydrogen-bond acceptors (Lipinski definition) is 3. The molecule has 0 N–H and O–H groups in total. The molecule has 138 valence electrons. The molecular formula is C22H21BrN2OS. The number of hydrogen-bond donors (Lipinski definition) is 0. The van der Waals surface area contributed by atoms with Crippen molar-refractivity contribution >= 4 is 33.2 Å². The zero-order valence-electron chi connectivity index (χ0n) is 15.0. The minimum Gasteiger partial charge on any atom is -0.335 e. The van der Waals surface area contributed by atoms with Gasteiger partial charge >= 0.3 is 0 Å². The molecule has 1 amide bonds. The van der Waals surface area contributed by atoms with Crippen LogP contribution in [0.5, 0.6) is 0 Å². The maximum Gasteiger partial charge on any atom is 0.229 e. The highest BCUT2D eigenvalue weighted by Crippen LogP contribution is 2.33. The van der Waals surface area contributed by atoms with Crippen LogP contribution in [0.15, 0.2) is 64.5 Å². The third-order valence-electron chi connectivity index (χ3n) is 4.94. The number of nitrogens with zero attached hydrogens (tertiary/aromatic N) is 2. The van der Waals surface area contributed by atoms with Gasteiger partial charge in [-0.3, -0.25) is 4.79 Å². The second-order valence-electron chi connectivity index (χ2n) is 6.87. The normalized spacial score (nSPS) is 16.6. The number of benzene rings is 2. The van der Waals surface area contributed by atoms with Gasteiger partial charge in [0.15, 0.2) is 0 Å². The predicted molar refractivity (Wildman–Crippen MR) is 113 cm³/mol. The van der Waals surface area contributed by atoms with E-state index in [1.54, 1.807) is 11.3 Å². The summed E-state index contributed by atoms with van der Waals surface area (Å²) >= 11 is 5.18. The van der Waals surface area contributed by atoms with Crippen molar-refractivity contribution in [2.24, 2.45) is 0 Å².